The van der Waals surface area contributed by atoms with Crippen LogP contribution in [0, 0.1) is 11.3 Å². The summed E-state index contributed by atoms with van der Waals surface area (Å²) in [5.74, 6) is -0.892. The molecule has 1 rings (SSSR count). The summed E-state index contributed by atoms with van der Waals surface area (Å²) in [7, 11) is 2.96. The predicted molar refractivity (Wildman–Crippen MR) is 73.6 cm³/mol. The quantitative estimate of drug-likeness (QED) is 0.498. The molecule has 1 aromatic rings. The van der Waals surface area contributed by atoms with Crippen molar-refractivity contribution in [3.05, 3.63) is 29.1 Å². The Bertz CT molecular complexity index is 579. The zero-order valence-corrected chi connectivity index (χ0v) is 11.8. The molecule has 1 amide bonds. The molecule has 0 bridgehead atoms. The van der Waals surface area contributed by atoms with Crippen LogP contribution in [-0.2, 0) is 16.6 Å². The van der Waals surface area contributed by atoms with Gasteiger partial charge in [-0.25, -0.2) is 4.79 Å². The van der Waals surface area contributed by atoms with E-state index in [1.165, 1.54) is 13.2 Å². The van der Waals surface area contributed by atoms with Gasteiger partial charge in [0.15, 0.2) is 0 Å². The lowest BCUT2D eigenvalue weighted by Crippen LogP contribution is -2.25. The molecule has 0 aliphatic carbocycles. The molecule has 0 saturated heterocycles. The summed E-state index contributed by atoms with van der Waals surface area (Å²) in [4.78, 5) is 23.2. The van der Waals surface area contributed by atoms with E-state index >= 15 is 0 Å². The highest BCUT2D eigenvalue weighted by Crippen LogP contribution is 2.12. The average molecular weight is 275 g/mol. The first kappa shape index (κ1) is 15.5. The van der Waals surface area contributed by atoms with Gasteiger partial charge in [-0.2, -0.15) is 5.26 Å². The van der Waals surface area contributed by atoms with Crippen LogP contribution in [0.2, 0.25) is 0 Å². The minimum atomic E-state index is -0.471. The molecule has 1 aromatic heterocycles. The van der Waals surface area contributed by atoms with E-state index in [-0.39, 0.29) is 5.57 Å². The summed E-state index contributed by atoms with van der Waals surface area (Å²) >= 11 is 0. The number of amides is 1. The lowest BCUT2D eigenvalue weighted by molar-refractivity contribution is -0.117. The maximum atomic E-state index is 11.7. The zero-order chi connectivity index (χ0) is 15.1. The average Bonchev–Trinajstić information content (AvgIpc) is 2.82. The van der Waals surface area contributed by atoms with Crippen molar-refractivity contribution < 1.29 is 14.3 Å². The van der Waals surface area contributed by atoms with E-state index in [1.807, 2.05) is 13.0 Å². The topological polar surface area (TPSA) is 84.1 Å². The molecule has 106 valence electrons. The van der Waals surface area contributed by atoms with Gasteiger partial charge in [-0.1, -0.05) is 6.92 Å². The lowest BCUT2D eigenvalue weighted by atomic mass is 10.2. The van der Waals surface area contributed by atoms with Crippen molar-refractivity contribution in [2.75, 3.05) is 13.7 Å². The first-order chi connectivity index (χ1) is 9.54. The molecule has 0 spiro atoms. The van der Waals surface area contributed by atoms with Gasteiger partial charge in [-0.15, -0.1) is 0 Å². The van der Waals surface area contributed by atoms with Crippen LogP contribution in [0.4, 0.5) is 0 Å². The smallest absolute Gasteiger partial charge is 0.354 e. The number of esters is 1. The Kier molecular flexibility index (Phi) is 5.54. The molecule has 0 atom stereocenters. The molecule has 0 aromatic carbocycles. The summed E-state index contributed by atoms with van der Waals surface area (Å²) in [6.07, 6.45) is 2.23. The number of methoxy groups -OCH3 is 1. The predicted octanol–water partition coefficient (Wildman–Crippen LogP) is 1.24. The van der Waals surface area contributed by atoms with E-state index in [0.29, 0.717) is 17.9 Å². The van der Waals surface area contributed by atoms with Gasteiger partial charge in [0.1, 0.15) is 17.3 Å². The monoisotopic (exact) mass is 275 g/mol. The van der Waals surface area contributed by atoms with Gasteiger partial charge in [-0.05, 0) is 24.6 Å². The molecule has 1 heterocycles. The van der Waals surface area contributed by atoms with Crippen molar-refractivity contribution in [1.29, 1.82) is 5.26 Å². The second kappa shape index (κ2) is 7.14. The number of nitrogens with zero attached hydrogens (tertiary/aromatic N) is 2. The first-order valence-electron chi connectivity index (χ1n) is 6.19. The standard InChI is InChI=1S/C14H17N3O3/c1-4-7-16-13(18)10(9-15)8-11-5-6-12(17(11)2)14(19)20-3/h5-6,8H,4,7H2,1-3H3,(H,16,18)/b10-8+. The van der Waals surface area contributed by atoms with E-state index in [2.05, 4.69) is 10.1 Å². The third-order valence-electron chi connectivity index (χ3n) is 2.75. The van der Waals surface area contributed by atoms with Crippen LogP contribution in [0.15, 0.2) is 17.7 Å². The normalized spacial score (nSPS) is 10.8. The first-order valence-corrected chi connectivity index (χ1v) is 6.19. The number of rotatable bonds is 5. The third kappa shape index (κ3) is 3.48. The number of ether oxygens (including phenoxy) is 1. The highest BCUT2D eigenvalue weighted by atomic mass is 16.5. The van der Waals surface area contributed by atoms with Gasteiger partial charge >= 0.3 is 5.97 Å². The largest absolute Gasteiger partial charge is 0.464 e. The third-order valence-corrected chi connectivity index (χ3v) is 2.75. The van der Waals surface area contributed by atoms with Crippen LogP contribution in [0.3, 0.4) is 0 Å². The maximum absolute atomic E-state index is 11.7. The van der Waals surface area contributed by atoms with Crippen LogP contribution in [0.25, 0.3) is 6.08 Å². The number of carbonyl (C=O) groups is 2. The van der Waals surface area contributed by atoms with Crippen LogP contribution in [0.5, 0.6) is 0 Å². The minimum Gasteiger partial charge on any atom is -0.464 e. The van der Waals surface area contributed by atoms with Crippen LogP contribution < -0.4 is 5.32 Å². The second-order valence-electron chi connectivity index (χ2n) is 4.12. The van der Waals surface area contributed by atoms with Gasteiger partial charge in [0.25, 0.3) is 5.91 Å². The summed E-state index contributed by atoms with van der Waals surface area (Å²) in [5, 5.41) is 11.7. The van der Waals surface area contributed by atoms with Crippen LogP contribution in [-0.4, -0.2) is 30.1 Å². The molecule has 20 heavy (non-hydrogen) atoms. The van der Waals surface area contributed by atoms with Gasteiger partial charge < -0.3 is 14.6 Å². The molecular formula is C14H17N3O3. The zero-order valence-electron chi connectivity index (χ0n) is 11.8. The molecule has 0 aliphatic heterocycles. The summed E-state index contributed by atoms with van der Waals surface area (Å²) in [6, 6.07) is 5.09. The Morgan fingerprint density at radius 2 is 2.20 bits per heavy atom. The van der Waals surface area contributed by atoms with Gasteiger partial charge in [0.05, 0.1) is 7.11 Å². The van der Waals surface area contributed by atoms with Crippen LogP contribution >= 0.6 is 0 Å². The lowest BCUT2D eigenvalue weighted by Gasteiger charge is -2.04. The van der Waals surface area contributed by atoms with E-state index in [1.54, 1.807) is 23.7 Å². The Hall–Kier alpha value is -2.55. The minimum absolute atomic E-state index is 0.00364. The number of nitrogens with one attached hydrogen (secondary N) is 1. The molecule has 6 nitrogen and oxygen atoms in total. The molecule has 6 heteroatoms. The molecule has 0 saturated carbocycles. The molecular weight excluding hydrogens is 258 g/mol. The fraction of sp³-hybridized carbons (Fsp3) is 0.357. The van der Waals surface area contributed by atoms with Crippen molar-refractivity contribution in [3.63, 3.8) is 0 Å². The van der Waals surface area contributed by atoms with Crippen molar-refractivity contribution in [3.8, 4) is 6.07 Å². The van der Waals surface area contributed by atoms with Crippen molar-refractivity contribution in [2.45, 2.75) is 13.3 Å². The second-order valence-corrected chi connectivity index (χ2v) is 4.12. The fourth-order valence-corrected chi connectivity index (χ4v) is 1.61. The molecule has 0 aliphatic rings. The molecule has 0 fully saturated rings. The highest BCUT2D eigenvalue weighted by molar-refractivity contribution is 6.01. The van der Waals surface area contributed by atoms with E-state index in [0.717, 1.165) is 6.42 Å². The fourth-order valence-electron chi connectivity index (χ4n) is 1.61. The van der Waals surface area contributed by atoms with Crippen molar-refractivity contribution in [1.82, 2.24) is 9.88 Å². The van der Waals surface area contributed by atoms with Gasteiger partial charge in [0, 0.05) is 19.3 Å². The number of hydrogen-bond donors (Lipinski definition) is 1. The number of hydrogen-bond acceptors (Lipinski definition) is 4. The van der Waals surface area contributed by atoms with E-state index in [4.69, 9.17) is 5.26 Å². The number of nitriles is 1. The van der Waals surface area contributed by atoms with E-state index < -0.39 is 11.9 Å². The maximum Gasteiger partial charge on any atom is 0.354 e. The van der Waals surface area contributed by atoms with Crippen molar-refractivity contribution >= 4 is 18.0 Å². The highest BCUT2D eigenvalue weighted by Gasteiger charge is 2.14. The summed E-state index contributed by atoms with van der Waals surface area (Å²) < 4.78 is 6.20. The molecule has 0 radical (unpaired) electrons. The Morgan fingerprint density at radius 3 is 2.75 bits per heavy atom. The molecule has 0 unspecified atom stereocenters. The summed E-state index contributed by atoms with van der Waals surface area (Å²) in [5.41, 5.74) is 0.926. The number of aromatic nitrogens is 1. The number of carbonyl (C=O) groups excluding carboxylic acids is 2. The Labute approximate surface area is 117 Å². The summed E-state index contributed by atoms with van der Waals surface area (Å²) in [6.45, 7) is 2.44. The van der Waals surface area contributed by atoms with Gasteiger partial charge in [-0.3, -0.25) is 4.79 Å². The SMILES string of the molecule is CCCNC(=O)/C(C#N)=C/c1ccc(C(=O)OC)n1C. The Balaban J connectivity index is 3.03. The van der Waals surface area contributed by atoms with Gasteiger partial charge in [0.2, 0.25) is 0 Å². The van der Waals surface area contributed by atoms with Crippen LogP contribution in [0.1, 0.15) is 29.5 Å². The van der Waals surface area contributed by atoms with E-state index in [9.17, 15) is 9.59 Å². The Morgan fingerprint density at radius 1 is 1.50 bits per heavy atom. The molecule has 1 N–H and O–H groups in total. The van der Waals surface area contributed by atoms with Crippen molar-refractivity contribution in [2.24, 2.45) is 7.05 Å².